The van der Waals surface area contributed by atoms with Gasteiger partial charge in [0.1, 0.15) is 11.5 Å². The molecule has 36 heavy (non-hydrogen) atoms. The Hall–Kier alpha value is -3.39. The predicted molar refractivity (Wildman–Crippen MR) is 143 cm³/mol. The molecule has 0 radical (unpaired) electrons. The average molecular weight is 539 g/mol. The molecular weight excluding hydrogens is 519 g/mol. The molecule has 0 saturated carbocycles. The van der Waals surface area contributed by atoms with Crippen LogP contribution in [-0.2, 0) is 9.59 Å². The molecule has 0 aliphatic carbocycles. The van der Waals surface area contributed by atoms with Gasteiger partial charge in [0, 0.05) is 5.02 Å². The van der Waals surface area contributed by atoms with Gasteiger partial charge >= 0.3 is 5.91 Å². The van der Waals surface area contributed by atoms with Crippen LogP contribution in [0, 0.1) is 13.8 Å². The number of amides is 1. The molecule has 5 rings (SSSR count). The Bertz CT molecular complexity index is 1590. The van der Waals surface area contributed by atoms with Crippen LogP contribution in [0.15, 0.2) is 60.2 Å². The summed E-state index contributed by atoms with van der Waals surface area (Å²) in [5, 5.41) is 12.7. The molecule has 4 aromatic rings. The fourth-order valence-electron chi connectivity index (χ4n) is 4.43. The largest absolute Gasteiger partial charge is 0.507 e. The van der Waals surface area contributed by atoms with Crippen LogP contribution in [0.4, 0.5) is 5.13 Å². The second-order valence-corrected chi connectivity index (χ2v) is 10.4. The van der Waals surface area contributed by atoms with Gasteiger partial charge in [0.15, 0.2) is 5.13 Å². The summed E-state index contributed by atoms with van der Waals surface area (Å²) in [6.45, 7) is 3.73. The minimum Gasteiger partial charge on any atom is -0.507 e. The van der Waals surface area contributed by atoms with Gasteiger partial charge in [0.25, 0.3) is 5.78 Å². The van der Waals surface area contributed by atoms with E-state index in [1.54, 1.807) is 30.3 Å². The maximum Gasteiger partial charge on any atom is 0.301 e. The van der Waals surface area contributed by atoms with Gasteiger partial charge in [0.2, 0.25) is 0 Å². The maximum absolute atomic E-state index is 13.5. The number of benzene rings is 3. The highest BCUT2D eigenvalue weighted by atomic mass is 35.5. The quantitative estimate of drug-likeness (QED) is 0.174. The molecule has 1 amide bonds. The fourth-order valence-corrected chi connectivity index (χ4v) is 6.05. The van der Waals surface area contributed by atoms with E-state index in [4.69, 9.17) is 27.9 Å². The summed E-state index contributed by atoms with van der Waals surface area (Å²) in [6.07, 6.45) is 0. The van der Waals surface area contributed by atoms with Crippen LogP contribution >= 0.6 is 34.5 Å². The SMILES string of the molecule is COc1c(Cl)cc(C)cc1/C(O)=C1\C(=O)C(=O)N(c2nc3ccc(Cl)cc3s2)C1c1cccc(C)c1. The van der Waals surface area contributed by atoms with Crippen molar-refractivity contribution in [2.75, 3.05) is 12.0 Å². The summed E-state index contributed by atoms with van der Waals surface area (Å²) in [5.41, 5.74) is 3.16. The Morgan fingerprint density at radius 3 is 2.56 bits per heavy atom. The van der Waals surface area contributed by atoms with E-state index >= 15 is 0 Å². The number of ether oxygens (including phenoxy) is 1. The van der Waals surface area contributed by atoms with Crippen molar-refractivity contribution in [1.29, 1.82) is 0 Å². The van der Waals surface area contributed by atoms with E-state index in [-0.39, 0.29) is 27.7 Å². The number of aliphatic hydroxyl groups is 1. The molecule has 2 heterocycles. The van der Waals surface area contributed by atoms with Gasteiger partial charge in [-0.15, -0.1) is 0 Å². The van der Waals surface area contributed by atoms with Crippen LogP contribution < -0.4 is 9.64 Å². The van der Waals surface area contributed by atoms with Crippen LogP contribution in [0.25, 0.3) is 16.0 Å². The average Bonchev–Trinajstić information content (AvgIpc) is 3.36. The molecule has 1 atom stereocenters. The number of fused-ring (bicyclic) bond motifs is 1. The molecule has 1 aliphatic heterocycles. The zero-order valence-corrected chi connectivity index (χ0v) is 21.8. The first kappa shape index (κ1) is 24.3. The van der Waals surface area contributed by atoms with E-state index < -0.39 is 17.7 Å². The van der Waals surface area contributed by atoms with Crippen LogP contribution in [0.2, 0.25) is 10.0 Å². The van der Waals surface area contributed by atoms with Crippen molar-refractivity contribution in [3.8, 4) is 5.75 Å². The third-order valence-electron chi connectivity index (χ3n) is 5.99. The number of hydrogen-bond donors (Lipinski definition) is 1. The molecule has 1 fully saturated rings. The molecule has 182 valence electrons. The van der Waals surface area contributed by atoms with Crippen molar-refractivity contribution in [1.82, 2.24) is 4.98 Å². The number of aromatic nitrogens is 1. The molecule has 1 aliphatic rings. The predicted octanol–water partition coefficient (Wildman–Crippen LogP) is 6.85. The number of anilines is 1. The fraction of sp³-hybridized carbons (Fsp3) is 0.148. The van der Waals surface area contributed by atoms with Gasteiger partial charge in [-0.3, -0.25) is 14.5 Å². The van der Waals surface area contributed by atoms with E-state index in [9.17, 15) is 14.7 Å². The minimum atomic E-state index is -0.912. The third kappa shape index (κ3) is 4.03. The van der Waals surface area contributed by atoms with Crippen molar-refractivity contribution < 1.29 is 19.4 Å². The van der Waals surface area contributed by atoms with Crippen LogP contribution in [0.3, 0.4) is 0 Å². The highest BCUT2D eigenvalue weighted by Gasteiger charge is 2.48. The molecule has 1 N–H and O–H groups in total. The van der Waals surface area contributed by atoms with Gasteiger partial charge in [-0.1, -0.05) is 64.4 Å². The number of nitrogens with zero attached hydrogens (tertiary/aromatic N) is 2. The topological polar surface area (TPSA) is 79.7 Å². The van der Waals surface area contributed by atoms with Crippen molar-refractivity contribution in [3.63, 3.8) is 0 Å². The molecule has 9 heteroatoms. The van der Waals surface area contributed by atoms with E-state index in [0.29, 0.717) is 21.2 Å². The first-order valence-corrected chi connectivity index (χ1v) is 12.5. The summed E-state index contributed by atoms with van der Waals surface area (Å²) in [7, 11) is 1.43. The lowest BCUT2D eigenvalue weighted by Gasteiger charge is -2.23. The summed E-state index contributed by atoms with van der Waals surface area (Å²) >= 11 is 13.8. The number of hydrogen-bond acceptors (Lipinski definition) is 6. The number of methoxy groups -OCH3 is 1. The highest BCUT2D eigenvalue weighted by molar-refractivity contribution is 7.22. The Balaban J connectivity index is 1.78. The Morgan fingerprint density at radius 1 is 1.06 bits per heavy atom. The van der Waals surface area contributed by atoms with E-state index in [2.05, 4.69) is 4.98 Å². The molecular formula is C27H20Cl2N2O4S. The Labute approximate surface area is 221 Å². The molecule has 1 unspecified atom stereocenters. The highest BCUT2D eigenvalue weighted by Crippen LogP contribution is 2.46. The standard InChI is InChI=1S/C27H20Cl2N2O4S/c1-13-5-4-6-15(9-13)22-21(23(32)17-10-14(2)11-18(29)25(17)35-3)24(33)26(34)31(22)27-30-19-8-7-16(28)12-20(19)36-27/h4-12,22,32H,1-3H3/b23-21+. The first-order chi connectivity index (χ1) is 17.2. The lowest BCUT2D eigenvalue weighted by molar-refractivity contribution is -0.132. The smallest absolute Gasteiger partial charge is 0.301 e. The minimum absolute atomic E-state index is 0.0668. The van der Waals surface area contributed by atoms with Crippen LogP contribution in [0.1, 0.15) is 28.3 Å². The molecule has 1 saturated heterocycles. The monoisotopic (exact) mass is 538 g/mol. The van der Waals surface area contributed by atoms with Crippen molar-refractivity contribution in [3.05, 3.63) is 92.5 Å². The van der Waals surface area contributed by atoms with E-state index in [1.807, 2.05) is 38.1 Å². The van der Waals surface area contributed by atoms with Gasteiger partial charge < -0.3 is 9.84 Å². The summed E-state index contributed by atoms with van der Waals surface area (Å²) in [6, 6.07) is 15.1. The number of Topliss-reactive ketones (excluding diaryl/α,β-unsaturated/α-hetero) is 1. The number of halogens is 2. The number of aryl methyl sites for hydroxylation is 2. The number of carbonyl (C=O) groups excluding carboxylic acids is 2. The number of aliphatic hydroxyl groups excluding tert-OH is 1. The van der Waals surface area contributed by atoms with Gasteiger partial charge in [-0.2, -0.15) is 0 Å². The second-order valence-electron chi connectivity index (χ2n) is 8.52. The summed E-state index contributed by atoms with van der Waals surface area (Å²) in [5.74, 6) is -1.76. The van der Waals surface area contributed by atoms with Gasteiger partial charge in [-0.25, -0.2) is 4.98 Å². The summed E-state index contributed by atoms with van der Waals surface area (Å²) < 4.78 is 6.21. The molecule has 0 spiro atoms. The van der Waals surface area contributed by atoms with E-state index in [0.717, 1.165) is 15.8 Å². The molecule has 1 aromatic heterocycles. The Morgan fingerprint density at radius 2 is 1.83 bits per heavy atom. The van der Waals surface area contributed by atoms with Crippen LogP contribution in [-0.4, -0.2) is 28.9 Å². The first-order valence-electron chi connectivity index (χ1n) is 11.0. The molecule has 3 aromatic carbocycles. The lowest BCUT2D eigenvalue weighted by Crippen LogP contribution is -2.29. The molecule has 6 nitrogen and oxygen atoms in total. The lowest BCUT2D eigenvalue weighted by atomic mass is 9.94. The van der Waals surface area contributed by atoms with Gasteiger partial charge in [0.05, 0.1) is 39.5 Å². The number of rotatable bonds is 4. The normalized spacial score (nSPS) is 17.2. The number of thiazole rings is 1. The second kappa shape index (κ2) is 9.24. The number of ketones is 1. The Kier molecular flexibility index (Phi) is 6.24. The zero-order chi connectivity index (χ0) is 25.7. The van der Waals surface area contributed by atoms with E-state index in [1.165, 1.54) is 23.3 Å². The summed E-state index contributed by atoms with van der Waals surface area (Å²) in [4.78, 5) is 32.9. The van der Waals surface area contributed by atoms with Crippen molar-refractivity contribution in [2.24, 2.45) is 0 Å². The number of carbonyl (C=O) groups is 2. The van der Waals surface area contributed by atoms with Crippen molar-refractivity contribution >= 4 is 67.3 Å². The van der Waals surface area contributed by atoms with Crippen molar-refractivity contribution in [2.45, 2.75) is 19.9 Å². The third-order valence-corrected chi connectivity index (χ3v) is 7.53. The zero-order valence-electron chi connectivity index (χ0n) is 19.5. The maximum atomic E-state index is 13.5. The van der Waals surface area contributed by atoms with Crippen LogP contribution in [0.5, 0.6) is 5.75 Å². The van der Waals surface area contributed by atoms with Gasteiger partial charge in [-0.05, 0) is 55.3 Å². The molecule has 0 bridgehead atoms.